The largest absolute Gasteiger partial charge is 0.330 e. The molecule has 0 aliphatic rings. The molecule has 0 unspecified atom stereocenters. The molecule has 0 amide bonds. The number of nitrogens with two attached hydrogens (primary N) is 1. The van der Waals surface area contributed by atoms with Crippen LogP contribution >= 0.6 is 12.6 Å². The Hall–Kier alpha value is 0.375. The molecule has 0 aliphatic carbocycles. The number of thiol groups is 1. The third-order valence-corrected chi connectivity index (χ3v) is 0.452. The van der Waals surface area contributed by atoms with Gasteiger partial charge in [0.05, 0.1) is 7.85 Å². The van der Waals surface area contributed by atoms with Crippen LogP contribution in [-0.2, 0) is 0 Å². The number of hydrogen-bond acceptors (Lipinski definition) is 2. The summed E-state index contributed by atoms with van der Waals surface area (Å²) in [6.07, 6.45) is 0. The van der Waals surface area contributed by atoms with E-state index in [2.05, 4.69) is 12.6 Å². The minimum Gasteiger partial charge on any atom is -0.330 e. The molecule has 28 valence electrons. The standard InChI is InChI=1S/C2H6BNS/c3-2(5)1-4/h2,5H,1,4H2/t2-/m0/s1. The molecule has 2 N–H and O–H groups in total. The molecule has 0 saturated heterocycles. The van der Waals surface area contributed by atoms with Gasteiger partial charge in [0, 0.05) is 0 Å². The van der Waals surface area contributed by atoms with Crippen molar-refractivity contribution in [1.29, 1.82) is 0 Å². The van der Waals surface area contributed by atoms with E-state index in [1.807, 2.05) is 0 Å². The van der Waals surface area contributed by atoms with Crippen LogP contribution < -0.4 is 5.73 Å². The van der Waals surface area contributed by atoms with Gasteiger partial charge >= 0.3 is 0 Å². The molecule has 0 rings (SSSR count). The Morgan fingerprint density at radius 2 is 2.20 bits per heavy atom. The highest BCUT2D eigenvalue weighted by molar-refractivity contribution is 7.82. The van der Waals surface area contributed by atoms with Crippen molar-refractivity contribution in [1.82, 2.24) is 0 Å². The van der Waals surface area contributed by atoms with Crippen molar-refractivity contribution in [2.24, 2.45) is 5.73 Å². The van der Waals surface area contributed by atoms with Gasteiger partial charge in [0.1, 0.15) is 0 Å². The van der Waals surface area contributed by atoms with Crippen LogP contribution in [0.15, 0.2) is 0 Å². The fourth-order valence-electron chi connectivity index (χ4n) is 0. The molecule has 0 bridgehead atoms. The molecule has 2 radical (unpaired) electrons. The molecule has 3 heteroatoms. The summed E-state index contributed by atoms with van der Waals surface area (Å²) in [5.74, 6) is 0. The van der Waals surface area contributed by atoms with Gasteiger partial charge in [-0.2, -0.15) is 12.6 Å². The van der Waals surface area contributed by atoms with Crippen LogP contribution in [0.4, 0.5) is 0 Å². The molecular weight excluding hydrogens is 80.9 g/mol. The molecule has 0 aromatic rings. The Morgan fingerprint density at radius 1 is 2.00 bits per heavy atom. The molecular formula is C2H6BNS. The highest BCUT2D eigenvalue weighted by atomic mass is 32.1. The highest BCUT2D eigenvalue weighted by Crippen LogP contribution is 1.77. The summed E-state index contributed by atoms with van der Waals surface area (Å²) in [7, 11) is 5.03. The Bertz CT molecular complexity index is 23.6. The van der Waals surface area contributed by atoms with Crippen molar-refractivity contribution in [2.75, 3.05) is 6.54 Å². The third-order valence-electron chi connectivity index (χ3n) is 0.241. The van der Waals surface area contributed by atoms with Gasteiger partial charge in [0.25, 0.3) is 0 Å². The monoisotopic (exact) mass is 87.0 g/mol. The molecule has 0 spiro atoms. The predicted octanol–water partition coefficient (Wildman–Crippen LogP) is -0.631. The van der Waals surface area contributed by atoms with Crippen molar-refractivity contribution in [3.63, 3.8) is 0 Å². The summed E-state index contributed by atoms with van der Waals surface area (Å²) >= 11 is 3.75. The van der Waals surface area contributed by atoms with E-state index < -0.39 is 0 Å². The van der Waals surface area contributed by atoms with E-state index >= 15 is 0 Å². The molecule has 0 aromatic carbocycles. The first kappa shape index (κ1) is 5.37. The quantitative estimate of drug-likeness (QED) is 0.323. The summed E-state index contributed by atoms with van der Waals surface area (Å²) < 4.78 is 0. The lowest BCUT2D eigenvalue weighted by atomic mass is 10.1. The number of rotatable bonds is 1. The molecule has 1 atom stereocenters. The topological polar surface area (TPSA) is 26.0 Å². The Labute approximate surface area is 38.8 Å². The second kappa shape index (κ2) is 2.60. The van der Waals surface area contributed by atoms with Gasteiger partial charge in [-0.05, 0) is 11.7 Å². The molecule has 0 heterocycles. The van der Waals surface area contributed by atoms with Crippen molar-refractivity contribution in [2.45, 2.75) is 5.15 Å². The van der Waals surface area contributed by atoms with Gasteiger partial charge in [-0.1, -0.05) is 0 Å². The van der Waals surface area contributed by atoms with E-state index in [0.717, 1.165) is 0 Å². The van der Waals surface area contributed by atoms with Crippen molar-refractivity contribution >= 4 is 20.5 Å². The van der Waals surface area contributed by atoms with E-state index in [0.29, 0.717) is 6.54 Å². The maximum Gasteiger partial charge on any atom is 0.0860 e. The average Bonchev–Trinajstić information content (AvgIpc) is 1.38. The first-order chi connectivity index (χ1) is 2.27. The highest BCUT2D eigenvalue weighted by Gasteiger charge is 1.81. The molecule has 5 heavy (non-hydrogen) atoms. The van der Waals surface area contributed by atoms with E-state index in [9.17, 15) is 0 Å². The fraction of sp³-hybridized carbons (Fsp3) is 1.00. The minimum absolute atomic E-state index is 0.144. The van der Waals surface area contributed by atoms with Crippen LogP contribution in [-0.4, -0.2) is 19.5 Å². The molecule has 0 fully saturated rings. The summed E-state index contributed by atoms with van der Waals surface area (Å²) in [4.78, 5) is 0. The third kappa shape index (κ3) is 4.37. The molecule has 0 saturated carbocycles. The van der Waals surface area contributed by atoms with E-state index in [4.69, 9.17) is 13.6 Å². The lowest BCUT2D eigenvalue weighted by Crippen LogP contribution is -2.12. The van der Waals surface area contributed by atoms with E-state index in [1.165, 1.54) is 0 Å². The minimum atomic E-state index is -0.144. The van der Waals surface area contributed by atoms with Crippen LogP contribution in [0, 0.1) is 0 Å². The van der Waals surface area contributed by atoms with Crippen molar-refractivity contribution in [3.05, 3.63) is 0 Å². The Morgan fingerprint density at radius 3 is 2.20 bits per heavy atom. The van der Waals surface area contributed by atoms with Gasteiger partial charge in [-0.15, -0.1) is 0 Å². The van der Waals surface area contributed by atoms with Crippen LogP contribution in [0.2, 0.25) is 0 Å². The SMILES string of the molecule is [B][C@@H](S)CN. The van der Waals surface area contributed by atoms with Gasteiger partial charge in [0.2, 0.25) is 0 Å². The number of hydrogen-bond donors (Lipinski definition) is 2. The van der Waals surface area contributed by atoms with Crippen LogP contribution in [0.1, 0.15) is 0 Å². The summed E-state index contributed by atoms with van der Waals surface area (Å²) in [5, 5.41) is -0.144. The lowest BCUT2D eigenvalue weighted by molar-refractivity contribution is 1.10. The Kier molecular flexibility index (Phi) is 2.80. The zero-order valence-corrected chi connectivity index (χ0v) is 3.78. The lowest BCUT2D eigenvalue weighted by Gasteiger charge is -1.90. The Balaban J connectivity index is 2.54. The molecule has 0 aromatic heterocycles. The molecule has 0 aliphatic heterocycles. The van der Waals surface area contributed by atoms with Crippen LogP contribution in [0.5, 0.6) is 0 Å². The van der Waals surface area contributed by atoms with Gasteiger partial charge in [0.15, 0.2) is 0 Å². The summed E-state index contributed by atoms with van der Waals surface area (Å²) in [6.45, 7) is 0.448. The maximum atomic E-state index is 5.03. The first-order valence-electron chi connectivity index (χ1n) is 1.41. The van der Waals surface area contributed by atoms with Gasteiger partial charge < -0.3 is 5.73 Å². The average molecular weight is 87.0 g/mol. The van der Waals surface area contributed by atoms with Crippen molar-refractivity contribution < 1.29 is 0 Å². The van der Waals surface area contributed by atoms with Gasteiger partial charge in [-0.25, -0.2) is 0 Å². The second-order valence-corrected chi connectivity index (χ2v) is 1.47. The van der Waals surface area contributed by atoms with Crippen LogP contribution in [0.3, 0.4) is 0 Å². The van der Waals surface area contributed by atoms with E-state index in [-0.39, 0.29) is 5.15 Å². The zero-order valence-electron chi connectivity index (χ0n) is 2.89. The predicted molar refractivity (Wildman–Crippen MR) is 27.6 cm³/mol. The molecule has 1 nitrogen and oxygen atoms in total. The normalized spacial score (nSPS) is 14.8. The zero-order chi connectivity index (χ0) is 4.28. The smallest absolute Gasteiger partial charge is 0.0860 e. The van der Waals surface area contributed by atoms with Crippen LogP contribution in [0.25, 0.3) is 0 Å². The van der Waals surface area contributed by atoms with E-state index in [1.54, 1.807) is 0 Å². The fourth-order valence-corrected chi connectivity index (χ4v) is 0. The summed E-state index contributed by atoms with van der Waals surface area (Å²) in [5.41, 5.74) is 4.97. The summed E-state index contributed by atoms with van der Waals surface area (Å²) in [6, 6.07) is 0. The maximum absolute atomic E-state index is 5.03. The first-order valence-corrected chi connectivity index (χ1v) is 1.92. The second-order valence-electron chi connectivity index (χ2n) is 0.803. The van der Waals surface area contributed by atoms with Crippen molar-refractivity contribution in [3.8, 4) is 0 Å². The van der Waals surface area contributed by atoms with Gasteiger partial charge in [-0.3, -0.25) is 0 Å².